The second-order valence-corrected chi connectivity index (χ2v) is 6.48. The van der Waals surface area contributed by atoms with Crippen LogP contribution in [-0.4, -0.2) is 40.4 Å². The molecule has 0 radical (unpaired) electrons. The van der Waals surface area contributed by atoms with Gasteiger partial charge in [-0.05, 0) is 28.8 Å². The molecule has 136 valence electrons. The smallest absolute Gasteiger partial charge is 0.205 e. The molecule has 0 spiro atoms. The predicted octanol–water partition coefficient (Wildman–Crippen LogP) is 3.03. The first-order chi connectivity index (χ1) is 13.8. The highest BCUT2D eigenvalue weighted by atomic mass is 15.5. The average molecular weight is 368 g/mol. The number of aryl methyl sites for hydroxylation is 1. The van der Waals surface area contributed by atoms with Gasteiger partial charge in [-0.2, -0.15) is 15.4 Å². The van der Waals surface area contributed by atoms with Crippen LogP contribution in [0, 0.1) is 6.92 Å². The van der Waals surface area contributed by atoms with Gasteiger partial charge in [-0.3, -0.25) is 0 Å². The number of rotatable bonds is 4. The second-order valence-electron chi connectivity index (χ2n) is 6.48. The van der Waals surface area contributed by atoms with Gasteiger partial charge in [0.1, 0.15) is 11.3 Å². The van der Waals surface area contributed by atoms with Crippen molar-refractivity contribution in [2.45, 2.75) is 13.5 Å². The molecule has 5 aromatic rings. The Hall–Kier alpha value is -3.94. The zero-order valence-corrected chi connectivity index (χ0v) is 15.1. The van der Waals surface area contributed by atoms with Gasteiger partial charge in [0, 0.05) is 12.1 Å². The number of H-pyrrole nitrogens is 1. The number of aromatic amines is 1. The molecule has 0 saturated carbocycles. The molecule has 0 bridgehead atoms. The first-order valence-corrected chi connectivity index (χ1v) is 8.85. The molecule has 3 heterocycles. The van der Waals surface area contributed by atoms with Crippen LogP contribution in [0.25, 0.3) is 33.5 Å². The molecule has 0 unspecified atom stereocenters. The van der Waals surface area contributed by atoms with Crippen LogP contribution in [0.15, 0.2) is 60.9 Å². The third-order valence-electron chi connectivity index (χ3n) is 4.77. The number of hydrogen-bond donors (Lipinski definition) is 1. The van der Waals surface area contributed by atoms with Crippen LogP contribution in [-0.2, 0) is 6.54 Å². The summed E-state index contributed by atoms with van der Waals surface area (Å²) in [6.07, 6.45) is 3.45. The van der Waals surface area contributed by atoms with E-state index in [4.69, 9.17) is 0 Å². The highest BCUT2D eigenvalue weighted by Crippen LogP contribution is 2.30. The van der Waals surface area contributed by atoms with E-state index in [2.05, 4.69) is 70.7 Å². The van der Waals surface area contributed by atoms with Crippen molar-refractivity contribution in [3.05, 3.63) is 72.3 Å². The zero-order valence-electron chi connectivity index (χ0n) is 15.1. The Bertz CT molecular complexity index is 1240. The van der Waals surface area contributed by atoms with Crippen molar-refractivity contribution >= 4 is 11.0 Å². The molecule has 2 aromatic carbocycles. The van der Waals surface area contributed by atoms with Gasteiger partial charge in [0.05, 0.1) is 17.9 Å². The number of benzene rings is 2. The number of fused-ring (bicyclic) bond motifs is 1. The SMILES string of the molecule is Cc1nc2cnncc2n1Cc1ccc(-c2ccccc2-c2nn[nH]n2)cc1. The Labute approximate surface area is 160 Å². The largest absolute Gasteiger partial charge is 0.322 e. The lowest BCUT2D eigenvalue weighted by atomic mass is 9.98. The highest BCUT2D eigenvalue weighted by Gasteiger charge is 2.11. The van der Waals surface area contributed by atoms with Crippen LogP contribution in [0.4, 0.5) is 0 Å². The van der Waals surface area contributed by atoms with Gasteiger partial charge in [-0.1, -0.05) is 48.5 Å². The summed E-state index contributed by atoms with van der Waals surface area (Å²) in [4.78, 5) is 4.55. The lowest BCUT2D eigenvalue weighted by Crippen LogP contribution is -2.02. The number of imidazole rings is 1. The lowest BCUT2D eigenvalue weighted by molar-refractivity contribution is 0.784. The number of nitrogens with one attached hydrogen (secondary N) is 1. The van der Waals surface area contributed by atoms with Crippen LogP contribution in [0.3, 0.4) is 0 Å². The fraction of sp³-hybridized carbons (Fsp3) is 0.100. The van der Waals surface area contributed by atoms with Gasteiger partial charge in [0.2, 0.25) is 5.82 Å². The van der Waals surface area contributed by atoms with E-state index < -0.39 is 0 Å². The van der Waals surface area contributed by atoms with Gasteiger partial charge in [-0.25, -0.2) is 4.98 Å². The summed E-state index contributed by atoms with van der Waals surface area (Å²) in [5.41, 5.74) is 6.13. The lowest BCUT2D eigenvalue weighted by Gasteiger charge is -2.10. The van der Waals surface area contributed by atoms with Gasteiger partial charge in [-0.15, -0.1) is 10.2 Å². The highest BCUT2D eigenvalue weighted by molar-refractivity contribution is 5.80. The first kappa shape index (κ1) is 16.2. The normalized spacial score (nSPS) is 11.2. The van der Waals surface area contributed by atoms with E-state index in [-0.39, 0.29) is 0 Å². The molecule has 0 atom stereocenters. The Kier molecular flexibility index (Phi) is 3.86. The van der Waals surface area contributed by atoms with Gasteiger partial charge in [0.15, 0.2) is 0 Å². The molecular weight excluding hydrogens is 352 g/mol. The Morgan fingerprint density at radius 3 is 2.50 bits per heavy atom. The summed E-state index contributed by atoms with van der Waals surface area (Å²) in [5.74, 6) is 1.53. The van der Waals surface area contributed by atoms with Crippen molar-refractivity contribution in [1.29, 1.82) is 0 Å². The molecular formula is C20H16N8. The van der Waals surface area contributed by atoms with Crippen molar-refractivity contribution in [2.24, 2.45) is 0 Å². The van der Waals surface area contributed by atoms with Crippen molar-refractivity contribution in [2.75, 3.05) is 0 Å². The summed E-state index contributed by atoms with van der Waals surface area (Å²) in [6.45, 7) is 2.72. The number of nitrogens with zero attached hydrogens (tertiary/aromatic N) is 7. The van der Waals surface area contributed by atoms with E-state index >= 15 is 0 Å². The van der Waals surface area contributed by atoms with Crippen LogP contribution in [0.5, 0.6) is 0 Å². The maximum atomic E-state index is 4.55. The minimum absolute atomic E-state index is 0.585. The molecule has 0 saturated heterocycles. The molecule has 0 fully saturated rings. The van der Waals surface area contributed by atoms with Gasteiger partial charge < -0.3 is 4.57 Å². The summed E-state index contributed by atoms with van der Waals surface area (Å²) in [6, 6.07) is 16.5. The average Bonchev–Trinajstić information content (AvgIpc) is 3.37. The Morgan fingerprint density at radius 2 is 1.71 bits per heavy atom. The molecule has 5 rings (SSSR count). The quantitative estimate of drug-likeness (QED) is 0.524. The predicted molar refractivity (Wildman–Crippen MR) is 104 cm³/mol. The van der Waals surface area contributed by atoms with Crippen molar-refractivity contribution in [3.63, 3.8) is 0 Å². The molecule has 0 aliphatic heterocycles. The van der Waals surface area contributed by atoms with E-state index in [0.717, 1.165) is 40.1 Å². The second kappa shape index (κ2) is 6.66. The first-order valence-electron chi connectivity index (χ1n) is 8.85. The summed E-state index contributed by atoms with van der Waals surface area (Å²) < 4.78 is 2.15. The van der Waals surface area contributed by atoms with Crippen LogP contribution >= 0.6 is 0 Å². The maximum Gasteiger partial charge on any atom is 0.205 e. The van der Waals surface area contributed by atoms with Crippen molar-refractivity contribution in [1.82, 2.24) is 40.4 Å². The Balaban J connectivity index is 1.48. The summed E-state index contributed by atoms with van der Waals surface area (Å²) >= 11 is 0. The number of hydrogen-bond acceptors (Lipinski definition) is 6. The molecule has 3 aromatic heterocycles. The minimum atomic E-state index is 0.585. The maximum absolute atomic E-state index is 4.55. The molecule has 8 nitrogen and oxygen atoms in total. The zero-order chi connectivity index (χ0) is 18.9. The fourth-order valence-electron chi connectivity index (χ4n) is 3.39. The van der Waals surface area contributed by atoms with E-state index in [1.54, 1.807) is 12.4 Å². The van der Waals surface area contributed by atoms with Crippen LogP contribution < -0.4 is 0 Å². The van der Waals surface area contributed by atoms with Gasteiger partial charge in [0.25, 0.3) is 0 Å². The van der Waals surface area contributed by atoms with E-state index in [9.17, 15) is 0 Å². The van der Waals surface area contributed by atoms with Gasteiger partial charge >= 0.3 is 0 Å². The third-order valence-corrected chi connectivity index (χ3v) is 4.77. The monoisotopic (exact) mass is 368 g/mol. The van der Waals surface area contributed by atoms with E-state index in [0.29, 0.717) is 5.82 Å². The molecule has 28 heavy (non-hydrogen) atoms. The van der Waals surface area contributed by atoms with E-state index in [1.807, 2.05) is 25.1 Å². The molecule has 0 aliphatic carbocycles. The number of tetrazole rings is 1. The summed E-state index contributed by atoms with van der Waals surface area (Å²) in [5, 5.41) is 22.3. The van der Waals surface area contributed by atoms with Crippen molar-refractivity contribution in [3.8, 4) is 22.5 Å². The van der Waals surface area contributed by atoms with E-state index in [1.165, 1.54) is 5.56 Å². The standard InChI is InChI=1S/C20H16N8/c1-13-23-18-10-21-22-11-19(18)28(13)12-14-6-8-15(9-7-14)16-4-2-3-5-17(16)20-24-26-27-25-20/h2-11H,12H2,1H3,(H,24,25,26,27). The fourth-order valence-corrected chi connectivity index (χ4v) is 3.39. The molecule has 1 N–H and O–H groups in total. The minimum Gasteiger partial charge on any atom is -0.322 e. The van der Waals surface area contributed by atoms with Crippen LogP contribution in [0.1, 0.15) is 11.4 Å². The summed E-state index contributed by atoms with van der Waals surface area (Å²) in [7, 11) is 0. The molecule has 0 aliphatic rings. The molecule has 8 heteroatoms. The Morgan fingerprint density at radius 1 is 0.929 bits per heavy atom. The molecule has 0 amide bonds. The third kappa shape index (κ3) is 2.81. The number of aromatic nitrogens is 8. The topological polar surface area (TPSA) is 98.1 Å². The van der Waals surface area contributed by atoms with Crippen molar-refractivity contribution < 1.29 is 0 Å². The van der Waals surface area contributed by atoms with Crippen LogP contribution in [0.2, 0.25) is 0 Å².